The lowest BCUT2D eigenvalue weighted by Gasteiger charge is -2.07. The summed E-state index contributed by atoms with van der Waals surface area (Å²) in [6.07, 6.45) is 0. The lowest BCUT2D eigenvalue weighted by molar-refractivity contribution is -0.118. The number of amides is 1. The summed E-state index contributed by atoms with van der Waals surface area (Å²) < 4.78 is 6.84. The van der Waals surface area contributed by atoms with E-state index in [9.17, 15) is 4.79 Å². The smallest absolute Gasteiger partial charge is 0.230 e. The lowest BCUT2D eigenvalue weighted by Crippen LogP contribution is -2.24. The highest BCUT2D eigenvalue weighted by Gasteiger charge is 2.12. The molecule has 2 aromatic carbocycles. The Labute approximate surface area is 182 Å². The normalized spacial score (nSPS) is 10.9. The van der Waals surface area contributed by atoms with Crippen LogP contribution >= 0.6 is 23.4 Å². The number of fused-ring (bicyclic) bond motifs is 1. The zero-order valence-electron chi connectivity index (χ0n) is 16.1. The van der Waals surface area contributed by atoms with Crippen LogP contribution in [0.2, 0.25) is 5.02 Å². The number of nitrogens with one attached hydrogen (secondary N) is 1. The summed E-state index contributed by atoms with van der Waals surface area (Å²) in [5, 5.41) is 17.0. The van der Waals surface area contributed by atoms with Crippen LogP contribution in [0, 0.1) is 0 Å². The van der Waals surface area contributed by atoms with Crippen molar-refractivity contribution in [2.24, 2.45) is 0 Å². The van der Waals surface area contributed by atoms with Gasteiger partial charge in [-0.25, -0.2) is 0 Å². The molecule has 0 aliphatic rings. The number of thioether (sulfide) groups is 1. The highest BCUT2D eigenvalue weighted by molar-refractivity contribution is 7.99. The molecular weight excluding hydrogens is 422 g/mol. The van der Waals surface area contributed by atoms with Gasteiger partial charge in [0.05, 0.1) is 18.6 Å². The maximum atomic E-state index is 12.3. The Kier molecular flexibility index (Phi) is 6.15. The summed E-state index contributed by atoms with van der Waals surface area (Å²) in [7, 11) is 1.61. The first kappa shape index (κ1) is 20.2. The summed E-state index contributed by atoms with van der Waals surface area (Å²) >= 11 is 7.24. The van der Waals surface area contributed by atoms with Crippen molar-refractivity contribution in [1.29, 1.82) is 0 Å². The van der Waals surface area contributed by atoms with Crippen LogP contribution in [0.1, 0.15) is 5.56 Å². The van der Waals surface area contributed by atoms with E-state index in [4.69, 9.17) is 16.3 Å². The standard InChI is InChI=1S/C21H18ClN5O2S/c1-29-17-4-2-3-14(11-17)12-23-20(28)13-30-21-25-24-19-10-9-18(26-27(19)21)15-5-7-16(22)8-6-15/h2-11H,12-13H2,1H3,(H,23,28). The van der Waals surface area contributed by atoms with Crippen molar-refractivity contribution in [3.63, 3.8) is 0 Å². The fourth-order valence-corrected chi connectivity index (χ4v) is 3.64. The van der Waals surface area contributed by atoms with Crippen molar-refractivity contribution in [3.8, 4) is 17.0 Å². The Balaban J connectivity index is 1.41. The van der Waals surface area contributed by atoms with Gasteiger partial charge in [0.2, 0.25) is 11.1 Å². The second-order valence-electron chi connectivity index (χ2n) is 6.39. The molecule has 1 amide bonds. The Morgan fingerprint density at radius 2 is 1.97 bits per heavy atom. The third-order valence-corrected chi connectivity index (χ3v) is 5.50. The SMILES string of the molecule is COc1cccc(CNC(=O)CSc2nnc3ccc(-c4ccc(Cl)cc4)nn23)c1. The highest BCUT2D eigenvalue weighted by Crippen LogP contribution is 2.22. The third-order valence-electron chi connectivity index (χ3n) is 4.33. The zero-order valence-corrected chi connectivity index (χ0v) is 17.7. The molecule has 0 atom stereocenters. The van der Waals surface area contributed by atoms with Crippen LogP contribution in [0.3, 0.4) is 0 Å². The van der Waals surface area contributed by atoms with Crippen LogP contribution in [0.25, 0.3) is 16.9 Å². The molecule has 2 aromatic heterocycles. The number of carbonyl (C=O) groups excluding carboxylic acids is 1. The molecule has 4 aromatic rings. The van der Waals surface area contributed by atoms with Crippen LogP contribution in [-0.4, -0.2) is 38.6 Å². The highest BCUT2D eigenvalue weighted by atomic mass is 35.5. The molecule has 152 valence electrons. The average molecular weight is 440 g/mol. The predicted molar refractivity (Wildman–Crippen MR) is 117 cm³/mol. The zero-order chi connectivity index (χ0) is 20.9. The maximum Gasteiger partial charge on any atom is 0.230 e. The van der Waals surface area contributed by atoms with Crippen LogP contribution in [-0.2, 0) is 11.3 Å². The number of hydrogen-bond donors (Lipinski definition) is 1. The summed E-state index contributed by atoms with van der Waals surface area (Å²) in [5.41, 5.74) is 3.28. The summed E-state index contributed by atoms with van der Waals surface area (Å²) in [5.74, 6) is 0.861. The van der Waals surface area contributed by atoms with Gasteiger partial charge in [-0.05, 0) is 42.0 Å². The lowest BCUT2D eigenvalue weighted by atomic mass is 10.1. The molecule has 7 nitrogen and oxygen atoms in total. The summed E-state index contributed by atoms with van der Waals surface area (Å²) in [6, 6.07) is 18.7. The van der Waals surface area contributed by atoms with Crippen molar-refractivity contribution >= 4 is 34.9 Å². The minimum atomic E-state index is -0.103. The van der Waals surface area contributed by atoms with Gasteiger partial charge in [0.1, 0.15) is 5.75 Å². The molecule has 4 rings (SSSR count). The van der Waals surface area contributed by atoms with Crippen LogP contribution in [0.15, 0.2) is 65.8 Å². The molecule has 0 unspecified atom stereocenters. The number of benzene rings is 2. The van der Waals surface area contributed by atoms with Gasteiger partial charge in [-0.3, -0.25) is 4.79 Å². The summed E-state index contributed by atoms with van der Waals surface area (Å²) in [6.45, 7) is 0.427. The minimum Gasteiger partial charge on any atom is -0.497 e. The van der Waals surface area contributed by atoms with E-state index < -0.39 is 0 Å². The number of nitrogens with zero attached hydrogens (tertiary/aromatic N) is 4. The maximum absolute atomic E-state index is 12.3. The third kappa shape index (κ3) is 4.72. The molecule has 0 spiro atoms. The first-order valence-electron chi connectivity index (χ1n) is 9.13. The predicted octanol–water partition coefficient (Wildman–Crippen LogP) is 3.86. The van der Waals surface area contributed by atoms with Crippen LogP contribution < -0.4 is 10.1 Å². The molecule has 0 saturated carbocycles. The number of rotatable bonds is 7. The van der Waals surface area contributed by atoms with Gasteiger partial charge in [-0.1, -0.05) is 47.6 Å². The fourth-order valence-electron chi connectivity index (χ4n) is 2.80. The topological polar surface area (TPSA) is 81.4 Å². The molecule has 0 radical (unpaired) electrons. The van der Waals surface area contributed by atoms with Gasteiger partial charge in [0.25, 0.3) is 0 Å². The van der Waals surface area contributed by atoms with E-state index in [2.05, 4.69) is 20.6 Å². The van der Waals surface area contributed by atoms with E-state index in [-0.39, 0.29) is 11.7 Å². The van der Waals surface area contributed by atoms with Gasteiger partial charge in [-0.15, -0.1) is 10.2 Å². The van der Waals surface area contributed by atoms with Crippen LogP contribution in [0.4, 0.5) is 0 Å². The molecule has 30 heavy (non-hydrogen) atoms. The molecule has 0 aliphatic heterocycles. The molecule has 0 saturated heterocycles. The first-order valence-corrected chi connectivity index (χ1v) is 10.5. The van der Waals surface area contributed by atoms with Crippen molar-refractivity contribution in [3.05, 3.63) is 71.2 Å². The summed E-state index contributed by atoms with van der Waals surface area (Å²) in [4.78, 5) is 12.3. The molecule has 1 N–H and O–H groups in total. The Morgan fingerprint density at radius 1 is 1.13 bits per heavy atom. The van der Waals surface area contributed by atoms with E-state index >= 15 is 0 Å². The molecule has 9 heteroatoms. The molecule has 2 heterocycles. The monoisotopic (exact) mass is 439 g/mol. The molecule has 0 aliphatic carbocycles. The average Bonchev–Trinajstić information content (AvgIpc) is 3.19. The minimum absolute atomic E-state index is 0.103. The van der Waals surface area contributed by atoms with E-state index in [1.807, 2.05) is 60.7 Å². The van der Waals surface area contributed by atoms with Gasteiger partial charge in [-0.2, -0.15) is 9.61 Å². The van der Waals surface area contributed by atoms with E-state index in [1.54, 1.807) is 11.6 Å². The second-order valence-corrected chi connectivity index (χ2v) is 7.77. The number of halogens is 1. The van der Waals surface area contributed by atoms with E-state index in [0.717, 1.165) is 22.6 Å². The Bertz CT molecular complexity index is 1180. The Hall–Kier alpha value is -3.10. The molecule has 0 bridgehead atoms. The number of carbonyl (C=O) groups is 1. The van der Waals surface area contributed by atoms with Crippen molar-refractivity contribution in [2.75, 3.05) is 12.9 Å². The fraction of sp³-hybridized carbons (Fsp3) is 0.143. The van der Waals surface area contributed by atoms with E-state index in [1.165, 1.54) is 11.8 Å². The first-order chi connectivity index (χ1) is 14.6. The van der Waals surface area contributed by atoms with E-state index in [0.29, 0.717) is 22.4 Å². The van der Waals surface area contributed by atoms with Crippen molar-refractivity contribution < 1.29 is 9.53 Å². The number of ether oxygens (including phenoxy) is 1. The number of methoxy groups -OCH3 is 1. The van der Waals surface area contributed by atoms with Crippen molar-refractivity contribution in [2.45, 2.75) is 11.7 Å². The largest absolute Gasteiger partial charge is 0.497 e. The van der Waals surface area contributed by atoms with Gasteiger partial charge in [0, 0.05) is 17.1 Å². The van der Waals surface area contributed by atoms with Crippen LogP contribution in [0.5, 0.6) is 5.75 Å². The number of hydrogen-bond acceptors (Lipinski definition) is 6. The quantitative estimate of drug-likeness (QED) is 0.440. The van der Waals surface area contributed by atoms with Crippen molar-refractivity contribution in [1.82, 2.24) is 25.1 Å². The number of aromatic nitrogens is 4. The van der Waals surface area contributed by atoms with Gasteiger partial charge in [0.15, 0.2) is 5.65 Å². The van der Waals surface area contributed by atoms with Gasteiger partial charge < -0.3 is 10.1 Å². The Morgan fingerprint density at radius 3 is 2.77 bits per heavy atom. The van der Waals surface area contributed by atoms with Gasteiger partial charge >= 0.3 is 0 Å². The molecular formula is C21H18ClN5O2S. The molecule has 0 fully saturated rings. The second kappa shape index (κ2) is 9.15.